The molecule has 0 bridgehead atoms. The van der Waals surface area contributed by atoms with Crippen LogP contribution in [0.4, 0.5) is 0 Å². The number of methoxy groups -OCH3 is 1. The quantitative estimate of drug-likeness (QED) is 0.697. The minimum Gasteiger partial charge on any atom is -0.496 e. The van der Waals surface area contributed by atoms with Gasteiger partial charge in [0.05, 0.1) is 7.11 Å². The number of hydrogen-bond donors (Lipinski definition) is 0. The molecule has 0 unspecified atom stereocenters. The monoisotopic (exact) mass is 192 g/mol. The largest absolute Gasteiger partial charge is 0.496 e. The highest BCUT2D eigenvalue weighted by Gasteiger charge is 2.13. The Morgan fingerprint density at radius 2 is 1.43 bits per heavy atom. The van der Waals surface area contributed by atoms with Gasteiger partial charge in [0, 0.05) is 0 Å². The summed E-state index contributed by atoms with van der Waals surface area (Å²) in [5.41, 5.74) is 6.80. The number of hydrogen-bond acceptors (Lipinski definition) is 1. The van der Waals surface area contributed by atoms with Crippen molar-refractivity contribution in [2.45, 2.75) is 41.0 Å². The lowest BCUT2D eigenvalue weighted by Crippen LogP contribution is -2.02. The lowest BCUT2D eigenvalue weighted by Gasteiger charge is -2.18. The first-order valence-corrected chi connectivity index (χ1v) is 5.17. The number of ether oxygens (including phenoxy) is 1. The fourth-order valence-electron chi connectivity index (χ4n) is 2.21. The Hall–Kier alpha value is -0.980. The molecule has 0 radical (unpaired) electrons. The predicted molar refractivity (Wildman–Crippen MR) is 61.3 cm³/mol. The Bertz CT molecular complexity index is 320. The summed E-state index contributed by atoms with van der Waals surface area (Å²) in [4.78, 5) is 0. The minimum absolute atomic E-state index is 1.06. The fourth-order valence-corrected chi connectivity index (χ4v) is 2.21. The highest BCUT2D eigenvalue weighted by atomic mass is 16.5. The first-order valence-electron chi connectivity index (χ1n) is 5.17. The average molecular weight is 192 g/mol. The molecule has 0 saturated carbocycles. The van der Waals surface area contributed by atoms with Crippen molar-refractivity contribution in [1.82, 2.24) is 0 Å². The van der Waals surface area contributed by atoms with Crippen molar-refractivity contribution in [1.29, 1.82) is 0 Å². The van der Waals surface area contributed by atoms with Crippen LogP contribution in [0.2, 0.25) is 0 Å². The molecule has 0 heterocycles. The summed E-state index contributed by atoms with van der Waals surface area (Å²) >= 11 is 0. The molecule has 0 N–H and O–H groups in total. The third kappa shape index (κ3) is 1.52. The summed E-state index contributed by atoms with van der Waals surface area (Å²) in [6.45, 7) is 10.9. The van der Waals surface area contributed by atoms with E-state index < -0.39 is 0 Å². The van der Waals surface area contributed by atoms with E-state index in [2.05, 4.69) is 34.6 Å². The molecule has 0 spiro atoms. The summed E-state index contributed by atoms with van der Waals surface area (Å²) in [6.07, 6.45) is 1.08. The van der Waals surface area contributed by atoms with Crippen LogP contribution in [0.25, 0.3) is 0 Å². The molecule has 0 saturated heterocycles. The number of benzene rings is 1. The van der Waals surface area contributed by atoms with Crippen molar-refractivity contribution >= 4 is 0 Å². The van der Waals surface area contributed by atoms with Gasteiger partial charge in [0.25, 0.3) is 0 Å². The van der Waals surface area contributed by atoms with Gasteiger partial charge in [-0.05, 0) is 61.9 Å². The van der Waals surface area contributed by atoms with Crippen molar-refractivity contribution in [3.05, 3.63) is 27.8 Å². The van der Waals surface area contributed by atoms with Gasteiger partial charge in [-0.3, -0.25) is 0 Å². The Morgan fingerprint density at radius 3 is 1.86 bits per heavy atom. The van der Waals surface area contributed by atoms with Crippen LogP contribution in [0.3, 0.4) is 0 Å². The molecule has 1 nitrogen and oxygen atoms in total. The van der Waals surface area contributed by atoms with E-state index >= 15 is 0 Å². The van der Waals surface area contributed by atoms with Gasteiger partial charge in [-0.15, -0.1) is 0 Å². The summed E-state index contributed by atoms with van der Waals surface area (Å²) < 4.78 is 5.45. The lowest BCUT2D eigenvalue weighted by molar-refractivity contribution is 0.407. The zero-order valence-electron chi connectivity index (χ0n) is 10.1. The normalized spacial score (nSPS) is 10.4. The molecular formula is C13H20O. The maximum atomic E-state index is 5.45. The minimum atomic E-state index is 1.06. The SMILES string of the molecule is CCc1c(C)c(C)c(C)c(OC)c1C. The highest BCUT2D eigenvalue weighted by molar-refractivity contribution is 5.53. The van der Waals surface area contributed by atoms with E-state index in [9.17, 15) is 0 Å². The molecule has 1 aromatic carbocycles. The fraction of sp³-hybridized carbons (Fsp3) is 0.538. The van der Waals surface area contributed by atoms with Crippen LogP contribution >= 0.6 is 0 Å². The first kappa shape index (κ1) is 11.1. The van der Waals surface area contributed by atoms with E-state index in [0.717, 1.165) is 12.2 Å². The Balaban J connectivity index is 3.56. The molecule has 0 aliphatic heterocycles. The van der Waals surface area contributed by atoms with Gasteiger partial charge in [-0.1, -0.05) is 6.92 Å². The van der Waals surface area contributed by atoms with E-state index in [1.54, 1.807) is 7.11 Å². The molecule has 0 atom stereocenters. The van der Waals surface area contributed by atoms with Crippen LogP contribution in [0.15, 0.2) is 0 Å². The second-order valence-electron chi connectivity index (χ2n) is 3.87. The first-order chi connectivity index (χ1) is 6.54. The predicted octanol–water partition coefficient (Wildman–Crippen LogP) is 3.49. The van der Waals surface area contributed by atoms with Crippen LogP contribution in [0, 0.1) is 27.7 Å². The standard InChI is InChI=1S/C13H20O/c1-7-12-9(3)8(2)10(4)13(14-6)11(12)5/h7H2,1-6H3. The Labute approximate surface area is 87.1 Å². The van der Waals surface area contributed by atoms with Crippen molar-refractivity contribution in [2.75, 3.05) is 7.11 Å². The summed E-state index contributed by atoms with van der Waals surface area (Å²) in [7, 11) is 1.75. The molecule has 14 heavy (non-hydrogen) atoms. The second kappa shape index (κ2) is 4.04. The lowest BCUT2D eigenvalue weighted by atomic mass is 9.92. The van der Waals surface area contributed by atoms with Gasteiger partial charge in [-0.2, -0.15) is 0 Å². The Kier molecular flexibility index (Phi) is 3.20. The third-order valence-corrected chi connectivity index (χ3v) is 3.27. The van der Waals surface area contributed by atoms with Gasteiger partial charge in [0.1, 0.15) is 5.75 Å². The van der Waals surface area contributed by atoms with E-state index in [-0.39, 0.29) is 0 Å². The van der Waals surface area contributed by atoms with Crippen molar-refractivity contribution in [3.63, 3.8) is 0 Å². The highest BCUT2D eigenvalue weighted by Crippen LogP contribution is 2.32. The smallest absolute Gasteiger partial charge is 0.125 e. The van der Waals surface area contributed by atoms with Crippen LogP contribution in [-0.2, 0) is 6.42 Å². The second-order valence-corrected chi connectivity index (χ2v) is 3.87. The molecule has 1 rings (SSSR count). The van der Waals surface area contributed by atoms with Gasteiger partial charge >= 0.3 is 0 Å². The topological polar surface area (TPSA) is 9.23 Å². The van der Waals surface area contributed by atoms with Crippen molar-refractivity contribution in [2.24, 2.45) is 0 Å². The summed E-state index contributed by atoms with van der Waals surface area (Å²) in [5, 5.41) is 0. The third-order valence-electron chi connectivity index (χ3n) is 3.27. The molecule has 0 amide bonds. The summed E-state index contributed by atoms with van der Waals surface area (Å²) in [6, 6.07) is 0. The average Bonchev–Trinajstić information content (AvgIpc) is 2.16. The molecular weight excluding hydrogens is 172 g/mol. The van der Waals surface area contributed by atoms with Gasteiger partial charge in [-0.25, -0.2) is 0 Å². The molecule has 0 aromatic heterocycles. The van der Waals surface area contributed by atoms with E-state index in [4.69, 9.17) is 4.74 Å². The molecule has 0 aliphatic rings. The van der Waals surface area contributed by atoms with E-state index in [1.165, 1.54) is 27.8 Å². The zero-order chi connectivity index (χ0) is 10.9. The van der Waals surface area contributed by atoms with Crippen LogP contribution in [0.1, 0.15) is 34.7 Å². The molecule has 78 valence electrons. The van der Waals surface area contributed by atoms with Gasteiger partial charge < -0.3 is 4.74 Å². The zero-order valence-corrected chi connectivity index (χ0v) is 10.1. The van der Waals surface area contributed by atoms with Crippen LogP contribution in [0.5, 0.6) is 5.75 Å². The van der Waals surface area contributed by atoms with Gasteiger partial charge in [0.15, 0.2) is 0 Å². The summed E-state index contributed by atoms with van der Waals surface area (Å²) in [5.74, 6) is 1.06. The molecule has 0 fully saturated rings. The van der Waals surface area contributed by atoms with Crippen LogP contribution < -0.4 is 4.74 Å². The molecule has 1 heteroatoms. The molecule has 1 aromatic rings. The van der Waals surface area contributed by atoms with E-state index in [1.807, 2.05) is 0 Å². The maximum absolute atomic E-state index is 5.45. The van der Waals surface area contributed by atoms with Crippen molar-refractivity contribution in [3.8, 4) is 5.75 Å². The number of rotatable bonds is 2. The maximum Gasteiger partial charge on any atom is 0.125 e. The van der Waals surface area contributed by atoms with Crippen LogP contribution in [-0.4, -0.2) is 7.11 Å². The van der Waals surface area contributed by atoms with Crippen molar-refractivity contribution < 1.29 is 4.74 Å². The molecule has 0 aliphatic carbocycles. The Morgan fingerprint density at radius 1 is 0.857 bits per heavy atom. The van der Waals surface area contributed by atoms with E-state index in [0.29, 0.717) is 0 Å². The van der Waals surface area contributed by atoms with Gasteiger partial charge in [0.2, 0.25) is 0 Å².